The van der Waals surface area contributed by atoms with E-state index < -0.39 is 18.3 Å². The smallest absolute Gasteiger partial charge is 0.449 e. The van der Waals surface area contributed by atoms with Crippen molar-refractivity contribution in [1.82, 2.24) is 0 Å². The van der Waals surface area contributed by atoms with Crippen LogP contribution in [0.2, 0.25) is 0 Å². The number of hydrogen-bond acceptors (Lipinski definition) is 4. The van der Waals surface area contributed by atoms with Crippen LogP contribution in [0.25, 0.3) is 0 Å². The second kappa shape index (κ2) is 7.31. The van der Waals surface area contributed by atoms with E-state index in [1.807, 2.05) is 0 Å². The maximum Gasteiger partial charge on any atom is 0.673 e. The third-order valence-corrected chi connectivity index (χ3v) is 1.83. The quantitative estimate of drug-likeness (QED) is 0.230. The summed E-state index contributed by atoms with van der Waals surface area (Å²) in [4.78, 5) is 20.2. The molecule has 0 aliphatic heterocycles. The summed E-state index contributed by atoms with van der Waals surface area (Å²) in [6, 6.07) is 3.79. The summed E-state index contributed by atoms with van der Waals surface area (Å²) >= 11 is 0. The number of benzene rings is 1. The van der Waals surface area contributed by atoms with Crippen molar-refractivity contribution in [3.63, 3.8) is 0 Å². The maximum atomic E-state index is 10.5. The second-order valence-electron chi connectivity index (χ2n) is 3.27. The van der Waals surface area contributed by atoms with Crippen molar-refractivity contribution >= 4 is 19.1 Å². The number of carbonyl (C=O) groups is 1. The highest BCUT2D eigenvalue weighted by atomic mass is 19.5. The van der Waals surface area contributed by atoms with E-state index in [0.717, 1.165) is 0 Å². The average Bonchev–Trinajstić information content (AvgIpc) is 2.26. The van der Waals surface area contributed by atoms with Gasteiger partial charge in [0.1, 0.15) is 5.75 Å². The van der Waals surface area contributed by atoms with E-state index in [1.54, 1.807) is 6.92 Å². The summed E-state index contributed by atoms with van der Waals surface area (Å²) in [5, 5.41) is 18.9. The Morgan fingerprint density at radius 3 is 2.25 bits per heavy atom. The number of non-ortho nitro benzene ring substituents is 1. The molecule has 0 amide bonds. The molecule has 0 atom stereocenters. The number of ether oxygens (including phenoxy) is 1. The summed E-state index contributed by atoms with van der Waals surface area (Å²) in [7, 11) is -6.00. The Bertz CT molecular complexity index is 488. The molecule has 0 aromatic heterocycles. The lowest BCUT2D eigenvalue weighted by atomic mass is 10.1. The van der Waals surface area contributed by atoms with Crippen LogP contribution in [-0.2, 0) is 6.42 Å². The lowest BCUT2D eigenvalue weighted by molar-refractivity contribution is -0.384. The SMILES string of the molecule is CCc1cc([N+](=O)[O-])ccc1OC(=O)O.F[B-](F)(F)F. The lowest BCUT2D eigenvalue weighted by Gasteiger charge is -2.05. The Balaban J connectivity index is 0.000000621. The number of nitro groups is 1. The van der Waals surface area contributed by atoms with Crippen molar-refractivity contribution in [1.29, 1.82) is 0 Å². The summed E-state index contributed by atoms with van der Waals surface area (Å²) in [6.45, 7) is 1.76. The Hall–Kier alpha value is -2.33. The molecular weight excluding hydrogens is 289 g/mol. The van der Waals surface area contributed by atoms with Gasteiger partial charge in [-0.2, -0.15) is 0 Å². The molecule has 0 fully saturated rings. The molecule has 112 valence electrons. The third-order valence-electron chi connectivity index (χ3n) is 1.83. The van der Waals surface area contributed by atoms with Crippen molar-refractivity contribution in [2.24, 2.45) is 0 Å². The van der Waals surface area contributed by atoms with E-state index in [0.29, 0.717) is 12.0 Å². The highest BCUT2D eigenvalue weighted by Crippen LogP contribution is 2.24. The molecule has 0 aliphatic rings. The van der Waals surface area contributed by atoms with Gasteiger partial charge in [0.05, 0.1) is 4.92 Å². The summed E-state index contributed by atoms with van der Waals surface area (Å²) in [6.07, 6.45) is -0.969. The number of nitro benzene ring substituents is 1. The fourth-order valence-electron chi connectivity index (χ4n) is 1.15. The lowest BCUT2D eigenvalue weighted by Crippen LogP contribution is -2.05. The standard InChI is InChI=1S/C9H9NO5.BF4/c1-2-6-5-7(10(13)14)3-4-8(6)15-9(11)12;2-1(3,4)5/h3-5H,2H2,1H3,(H,11,12);/q;-1. The zero-order valence-electron chi connectivity index (χ0n) is 10.1. The van der Waals surface area contributed by atoms with Crippen LogP contribution in [0.5, 0.6) is 5.75 Å². The molecule has 11 heteroatoms. The average molecular weight is 298 g/mol. The first kappa shape index (κ1) is 17.7. The second-order valence-corrected chi connectivity index (χ2v) is 3.27. The molecule has 0 heterocycles. The number of halogens is 4. The van der Waals surface area contributed by atoms with Gasteiger partial charge in [0.15, 0.2) is 0 Å². The Morgan fingerprint density at radius 2 is 1.90 bits per heavy atom. The Kier molecular flexibility index (Phi) is 6.46. The molecule has 0 spiro atoms. The molecule has 6 nitrogen and oxygen atoms in total. The molecule has 0 aliphatic carbocycles. The van der Waals surface area contributed by atoms with Gasteiger partial charge in [0.25, 0.3) is 5.69 Å². The monoisotopic (exact) mass is 298 g/mol. The van der Waals surface area contributed by atoms with Crippen molar-refractivity contribution in [2.45, 2.75) is 13.3 Å². The predicted octanol–water partition coefficient (Wildman–Crippen LogP) is 3.51. The first-order valence-corrected chi connectivity index (χ1v) is 5.10. The van der Waals surface area contributed by atoms with Crippen LogP contribution < -0.4 is 4.74 Å². The van der Waals surface area contributed by atoms with Crippen molar-refractivity contribution in [2.75, 3.05) is 0 Å². The highest BCUT2D eigenvalue weighted by Gasteiger charge is 2.20. The molecule has 0 saturated carbocycles. The van der Waals surface area contributed by atoms with Crippen LogP contribution in [-0.4, -0.2) is 23.4 Å². The van der Waals surface area contributed by atoms with E-state index in [-0.39, 0.29) is 11.4 Å². The molecule has 0 radical (unpaired) electrons. The van der Waals surface area contributed by atoms with E-state index in [1.165, 1.54) is 18.2 Å². The molecular formula is C9H9BF4NO5-. The fraction of sp³-hybridized carbons (Fsp3) is 0.222. The summed E-state index contributed by atoms with van der Waals surface area (Å²) in [5.74, 6) is 0.135. The maximum absolute atomic E-state index is 10.5. The number of hydrogen-bond donors (Lipinski definition) is 1. The normalized spacial score (nSPS) is 10.2. The van der Waals surface area contributed by atoms with Crippen LogP contribution in [0, 0.1) is 10.1 Å². The van der Waals surface area contributed by atoms with Crippen LogP contribution in [0.1, 0.15) is 12.5 Å². The Morgan fingerprint density at radius 1 is 1.40 bits per heavy atom. The van der Waals surface area contributed by atoms with Crippen LogP contribution >= 0.6 is 0 Å². The number of rotatable bonds is 3. The molecule has 0 bridgehead atoms. The third kappa shape index (κ3) is 7.90. The minimum absolute atomic E-state index is 0.0791. The molecule has 20 heavy (non-hydrogen) atoms. The Labute approximate surface area is 110 Å². The van der Waals surface area contributed by atoms with Crippen LogP contribution in [0.4, 0.5) is 27.7 Å². The summed E-state index contributed by atoms with van der Waals surface area (Å²) < 4.78 is 43.5. The molecule has 0 saturated heterocycles. The van der Waals surface area contributed by atoms with Crippen LogP contribution in [0.15, 0.2) is 18.2 Å². The fourth-order valence-corrected chi connectivity index (χ4v) is 1.15. The molecule has 1 aromatic rings. The van der Waals surface area contributed by atoms with Crippen LogP contribution in [0.3, 0.4) is 0 Å². The van der Waals surface area contributed by atoms with Gasteiger partial charge in [-0.05, 0) is 12.5 Å². The summed E-state index contributed by atoms with van der Waals surface area (Å²) in [5.41, 5.74) is 0.413. The molecule has 1 N–H and O–H groups in total. The minimum atomic E-state index is -6.00. The molecule has 0 unspecified atom stereocenters. The van der Waals surface area contributed by atoms with Gasteiger partial charge in [-0.1, -0.05) is 6.92 Å². The highest BCUT2D eigenvalue weighted by molar-refractivity contribution is 6.50. The predicted molar refractivity (Wildman–Crippen MR) is 61.3 cm³/mol. The van der Waals surface area contributed by atoms with Gasteiger partial charge >= 0.3 is 13.4 Å². The zero-order valence-corrected chi connectivity index (χ0v) is 10.1. The van der Waals surface area contributed by atoms with Gasteiger partial charge in [0, 0.05) is 17.7 Å². The van der Waals surface area contributed by atoms with Gasteiger partial charge in [-0.3, -0.25) is 10.1 Å². The van der Waals surface area contributed by atoms with Crippen molar-refractivity contribution in [3.8, 4) is 5.75 Å². The van der Waals surface area contributed by atoms with Gasteiger partial charge in [0.2, 0.25) is 0 Å². The van der Waals surface area contributed by atoms with E-state index in [2.05, 4.69) is 4.74 Å². The topological polar surface area (TPSA) is 89.7 Å². The zero-order chi connectivity index (χ0) is 15.9. The van der Waals surface area contributed by atoms with Crippen molar-refractivity contribution < 1.29 is 36.8 Å². The largest absolute Gasteiger partial charge is 0.673 e. The molecule has 1 rings (SSSR count). The minimum Gasteiger partial charge on any atom is -0.449 e. The van der Waals surface area contributed by atoms with Gasteiger partial charge in [-0.15, -0.1) is 0 Å². The number of carboxylic acid groups (broad SMARTS) is 1. The van der Waals surface area contributed by atoms with Crippen molar-refractivity contribution in [3.05, 3.63) is 33.9 Å². The van der Waals surface area contributed by atoms with Gasteiger partial charge in [-0.25, -0.2) is 4.79 Å². The number of aryl methyl sites for hydroxylation is 1. The first-order valence-electron chi connectivity index (χ1n) is 5.10. The van der Waals surface area contributed by atoms with E-state index in [9.17, 15) is 32.2 Å². The van der Waals surface area contributed by atoms with E-state index in [4.69, 9.17) is 5.11 Å². The van der Waals surface area contributed by atoms with Gasteiger partial charge < -0.3 is 27.1 Å². The molecule has 1 aromatic carbocycles. The van der Waals surface area contributed by atoms with E-state index >= 15 is 0 Å². The first-order chi connectivity index (χ1) is 9.04. The number of nitrogens with zero attached hydrogens (tertiary/aromatic N) is 1.